The first-order valence-electron chi connectivity index (χ1n) is 14.0. The summed E-state index contributed by atoms with van der Waals surface area (Å²) in [5, 5.41) is 8.36. The molecule has 210 valence electrons. The number of fused-ring (bicyclic) bond motifs is 2. The minimum Gasteiger partial charge on any atom is -0.348 e. The van der Waals surface area contributed by atoms with Crippen molar-refractivity contribution >= 4 is 28.5 Å². The van der Waals surface area contributed by atoms with Crippen molar-refractivity contribution in [2.75, 3.05) is 0 Å². The maximum atomic E-state index is 13.8. The van der Waals surface area contributed by atoms with E-state index < -0.39 is 6.04 Å². The number of Topliss-reactive ketones (excluding diaryl/α,β-unsaturated/α-hetero) is 1. The third-order valence-corrected chi connectivity index (χ3v) is 8.65. The molecule has 6 rings (SSSR count). The normalized spacial score (nSPS) is 21.9. The molecule has 1 aliphatic heterocycles. The zero-order chi connectivity index (χ0) is 29.1. The average Bonchev–Trinajstić information content (AvgIpc) is 3.30. The van der Waals surface area contributed by atoms with Gasteiger partial charge in [0.25, 0.3) is 0 Å². The molecule has 41 heavy (non-hydrogen) atoms. The number of ketones is 1. The molecular formula is C32H34N6O3. The summed E-state index contributed by atoms with van der Waals surface area (Å²) in [5.41, 5.74) is 4.81. The second kappa shape index (κ2) is 9.90. The van der Waals surface area contributed by atoms with E-state index in [1.165, 1.54) is 6.92 Å². The van der Waals surface area contributed by atoms with Crippen molar-refractivity contribution < 1.29 is 14.4 Å². The number of hydrogen-bond donors (Lipinski definition) is 1. The highest BCUT2D eigenvalue weighted by Gasteiger charge is 2.64. The molecule has 1 N–H and O–H groups in total. The van der Waals surface area contributed by atoms with E-state index in [1.54, 1.807) is 22.0 Å². The number of benzene rings is 2. The summed E-state index contributed by atoms with van der Waals surface area (Å²) in [6.45, 7) is 9.37. The van der Waals surface area contributed by atoms with Crippen LogP contribution < -0.4 is 5.32 Å². The Labute approximate surface area is 239 Å². The minimum absolute atomic E-state index is 0.0303. The van der Waals surface area contributed by atoms with Crippen molar-refractivity contribution in [3.05, 3.63) is 77.5 Å². The number of carbonyl (C=O) groups excluding carboxylic acids is 3. The van der Waals surface area contributed by atoms with E-state index in [9.17, 15) is 14.4 Å². The summed E-state index contributed by atoms with van der Waals surface area (Å²) in [7, 11) is 0. The lowest BCUT2D eigenvalue weighted by molar-refractivity contribution is -0.140. The highest BCUT2D eigenvalue weighted by molar-refractivity contribution is 6.06. The van der Waals surface area contributed by atoms with Gasteiger partial charge in [0.05, 0.1) is 11.6 Å². The topological polar surface area (TPSA) is 110 Å². The van der Waals surface area contributed by atoms with Gasteiger partial charge in [0.15, 0.2) is 5.78 Å². The van der Waals surface area contributed by atoms with Crippen molar-refractivity contribution in [2.24, 2.45) is 5.41 Å². The summed E-state index contributed by atoms with van der Waals surface area (Å²) < 4.78 is 1.59. The molecule has 3 heterocycles. The first kappa shape index (κ1) is 26.8. The Bertz CT molecular complexity index is 1680. The number of nitrogens with one attached hydrogen (secondary N) is 1. The fourth-order valence-electron chi connectivity index (χ4n) is 6.10. The van der Waals surface area contributed by atoms with Crippen LogP contribution in [0, 0.1) is 19.3 Å². The predicted octanol–water partition coefficient (Wildman–Crippen LogP) is 4.57. The number of amides is 2. The van der Waals surface area contributed by atoms with Crippen LogP contribution in [-0.4, -0.2) is 54.3 Å². The number of rotatable bonds is 7. The zero-order valence-electron chi connectivity index (χ0n) is 24.0. The second-order valence-electron chi connectivity index (χ2n) is 11.8. The van der Waals surface area contributed by atoms with Gasteiger partial charge < -0.3 is 10.2 Å². The molecular weight excluding hydrogens is 516 g/mol. The van der Waals surface area contributed by atoms with Gasteiger partial charge in [0.1, 0.15) is 24.1 Å². The minimum atomic E-state index is -0.540. The first-order chi connectivity index (χ1) is 19.5. The molecule has 0 bridgehead atoms. The van der Waals surface area contributed by atoms with Gasteiger partial charge in [0, 0.05) is 36.3 Å². The van der Waals surface area contributed by atoms with Gasteiger partial charge in [-0.1, -0.05) is 42.8 Å². The van der Waals surface area contributed by atoms with Crippen LogP contribution in [0.5, 0.6) is 0 Å². The van der Waals surface area contributed by atoms with Crippen molar-refractivity contribution in [3.8, 4) is 11.1 Å². The zero-order valence-corrected chi connectivity index (χ0v) is 24.0. The predicted molar refractivity (Wildman–Crippen MR) is 155 cm³/mol. The molecule has 0 unspecified atom stereocenters. The van der Waals surface area contributed by atoms with Gasteiger partial charge in [-0.3, -0.25) is 19.1 Å². The molecule has 2 amide bonds. The molecule has 9 heteroatoms. The Morgan fingerprint density at radius 2 is 1.73 bits per heavy atom. The fourth-order valence-corrected chi connectivity index (χ4v) is 6.10. The monoisotopic (exact) mass is 550 g/mol. The third-order valence-electron chi connectivity index (χ3n) is 8.65. The van der Waals surface area contributed by atoms with Crippen LogP contribution in [0.25, 0.3) is 22.0 Å². The molecule has 4 aromatic rings. The molecule has 2 fully saturated rings. The van der Waals surface area contributed by atoms with Crippen LogP contribution in [0.1, 0.15) is 67.1 Å². The number of hydrogen-bond acceptors (Lipinski definition) is 6. The van der Waals surface area contributed by atoms with Crippen LogP contribution >= 0.6 is 0 Å². The van der Waals surface area contributed by atoms with Crippen LogP contribution in [-0.2, 0) is 16.1 Å². The number of carbonyl (C=O) groups is 3. The summed E-state index contributed by atoms with van der Waals surface area (Å²) in [6, 6.07) is 13.1. The average molecular weight is 551 g/mol. The van der Waals surface area contributed by atoms with Crippen molar-refractivity contribution in [1.29, 1.82) is 0 Å². The molecule has 2 aromatic heterocycles. The van der Waals surface area contributed by atoms with Crippen molar-refractivity contribution in [1.82, 2.24) is 30.0 Å². The lowest BCUT2D eigenvalue weighted by atomic mass is 10.0. The van der Waals surface area contributed by atoms with E-state index in [1.807, 2.05) is 63.2 Å². The quantitative estimate of drug-likeness (QED) is 0.338. The largest absolute Gasteiger partial charge is 0.348 e. The van der Waals surface area contributed by atoms with Gasteiger partial charge in [-0.05, 0) is 62.3 Å². The molecule has 4 atom stereocenters. The lowest BCUT2D eigenvalue weighted by Crippen LogP contribution is -2.49. The van der Waals surface area contributed by atoms with Gasteiger partial charge in [-0.25, -0.2) is 9.97 Å². The second-order valence-corrected chi connectivity index (χ2v) is 11.8. The van der Waals surface area contributed by atoms with Gasteiger partial charge in [-0.15, -0.1) is 0 Å². The summed E-state index contributed by atoms with van der Waals surface area (Å²) in [6.07, 6.45) is 5.01. The van der Waals surface area contributed by atoms with E-state index in [0.717, 1.165) is 28.7 Å². The third kappa shape index (κ3) is 4.90. The van der Waals surface area contributed by atoms with E-state index >= 15 is 0 Å². The number of aryl methyl sites for hydroxylation is 2. The highest BCUT2D eigenvalue weighted by Crippen LogP contribution is 2.59. The number of piperidine rings is 1. The Morgan fingerprint density at radius 1 is 1.02 bits per heavy atom. The molecule has 1 aliphatic carbocycles. The molecule has 2 aliphatic rings. The summed E-state index contributed by atoms with van der Waals surface area (Å²) in [5.74, 6) is 0.182. The highest BCUT2D eigenvalue weighted by atomic mass is 16.2. The molecule has 1 saturated heterocycles. The Kier molecular flexibility index (Phi) is 6.47. The van der Waals surface area contributed by atoms with Crippen LogP contribution in [0.3, 0.4) is 0 Å². The smallest absolute Gasteiger partial charge is 0.245 e. The Hall–Kier alpha value is -4.40. The molecule has 1 saturated carbocycles. The van der Waals surface area contributed by atoms with E-state index in [2.05, 4.69) is 27.3 Å². The van der Waals surface area contributed by atoms with E-state index in [-0.39, 0.29) is 41.6 Å². The Morgan fingerprint density at radius 3 is 2.41 bits per heavy atom. The fraction of sp³-hybridized carbons (Fsp3) is 0.375. The summed E-state index contributed by atoms with van der Waals surface area (Å²) in [4.78, 5) is 50.2. The maximum Gasteiger partial charge on any atom is 0.245 e. The van der Waals surface area contributed by atoms with Crippen molar-refractivity contribution in [3.63, 3.8) is 0 Å². The standard InChI is InChI=1S/C32H34N6O3/c1-18-6-8-22(9-7-18)19(2)35-31(41)27-13-32(5)14-28(32)38(27)29(40)17-37-26-11-10-23(24-15-33-21(4)34-16-24)12-25(26)30(36-37)20(3)39/h6-12,15-16,19,27-28H,13-14,17H2,1-5H3,(H,35,41)/t19-,27-,28+,32-/m0/s1. The number of aromatic nitrogens is 4. The van der Waals surface area contributed by atoms with E-state index in [4.69, 9.17) is 0 Å². The molecule has 0 spiro atoms. The SMILES string of the molecule is CC(=O)c1nn(CC(=O)N2[C@H](C(=O)N[C@@H](C)c3ccc(C)cc3)C[C@@]3(C)C[C@@H]23)c2ccc(-c3cnc(C)nc3)cc12. The molecule has 9 nitrogen and oxygen atoms in total. The Balaban J connectivity index is 1.25. The number of nitrogens with zero attached hydrogens (tertiary/aromatic N) is 5. The van der Waals surface area contributed by atoms with Crippen LogP contribution in [0.2, 0.25) is 0 Å². The van der Waals surface area contributed by atoms with Crippen LogP contribution in [0.4, 0.5) is 0 Å². The van der Waals surface area contributed by atoms with Gasteiger partial charge in [0.2, 0.25) is 11.8 Å². The lowest BCUT2D eigenvalue weighted by Gasteiger charge is -2.28. The summed E-state index contributed by atoms with van der Waals surface area (Å²) >= 11 is 0. The van der Waals surface area contributed by atoms with Gasteiger partial charge >= 0.3 is 0 Å². The van der Waals surface area contributed by atoms with Crippen LogP contribution in [0.15, 0.2) is 54.9 Å². The first-order valence-corrected chi connectivity index (χ1v) is 14.0. The number of likely N-dealkylation sites (tertiary alicyclic amines) is 1. The maximum absolute atomic E-state index is 13.8. The molecule has 0 radical (unpaired) electrons. The van der Waals surface area contributed by atoms with Gasteiger partial charge in [-0.2, -0.15) is 5.10 Å². The molecule has 2 aromatic carbocycles. The van der Waals surface area contributed by atoms with Crippen molar-refractivity contribution in [2.45, 2.75) is 72.1 Å². The van der Waals surface area contributed by atoms with E-state index in [0.29, 0.717) is 28.8 Å².